The number of hydrogen-bond donors (Lipinski definition) is 0. The molecule has 0 unspecified atom stereocenters. The average molecular weight is 424 g/mol. The summed E-state index contributed by atoms with van der Waals surface area (Å²) < 4.78 is 45.7. The van der Waals surface area contributed by atoms with Crippen LogP contribution < -0.4 is 5.69 Å². The molecule has 1 aliphatic carbocycles. The van der Waals surface area contributed by atoms with Crippen molar-refractivity contribution in [1.82, 2.24) is 9.55 Å². The van der Waals surface area contributed by atoms with Crippen LogP contribution in [0.1, 0.15) is 48.1 Å². The van der Waals surface area contributed by atoms with Crippen molar-refractivity contribution in [2.75, 3.05) is 6.61 Å². The van der Waals surface area contributed by atoms with Gasteiger partial charge in [0.1, 0.15) is 5.03 Å². The lowest BCUT2D eigenvalue weighted by molar-refractivity contribution is -0.137. The van der Waals surface area contributed by atoms with Crippen molar-refractivity contribution in [3.05, 3.63) is 57.1 Å². The molecule has 156 valence electrons. The summed E-state index contributed by atoms with van der Waals surface area (Å²) in [5, 5.41) is 0.716. The first-order chi connectivity index (χ1) is 13.9. The van der Waals surface area contributed by atoms with Crippen molar-refractivity contribution < 1.29 is 17.9 Å². The quantitative estimate of drug-likeness (QED) is 0.519. The molecule has 1 aromatic carbocycles. The Morgan fingerprint density at radius 3 is 2.59 bits per heavy atom. The van der Waals surface area contributed by atoms with Crippen molar-refractivity contribution in [1.29, 1.82) is 0 Å². The Bertz CT molecular complexity index is 919. The van der Waals surface area contributed by atoms with Gasteiger partial charge in [0.2, 0.25) is 0 Å². The highest BCUT2D eigenvalue weighted by Gasteiger charge is 2.30. The Morgan fingerprint density at radius 1 is 1.14 bits per heavy atom. The minimum Gasteiger partial charge on any atom is -0.376 e. The second-order valence-corrected chi connectivity index (χ2v) is 8.52. The summed E-state index contributed by atoms with van der Waals surface area (Å²) in [4.78, 5) is 17.1. The van der Waals surface area contributed by atoms with Gasteiger partial charge in [-0.05, 0) is 56.2 Å². The lowest BCUT2D eigenvalue weighted by Gasteiger charge is -2.24. The van der Waals surface area contributed by atoms with E-state index in [1.54, 1.807) is 4.57 Å². The summed E-state index contributed by atoms with van der Waals surface area (Å²) in [5.74, 6) is 0.479. The maximum atomic E-state index is 12.7. The molecular weight excluding hydrogens is 401 g/mol. The van der Waals surface area contributed by atoms with Gasteiger partial charge in [0.15, 0.2) is 0 Å². The van der Waals surface area contributed by atoms with Crippen LogP contribution in [0.4, 0.5) is 13.2 Å². The number of halogens is 3. The zero-order valence-corrected chi connectivity index (χ0v) is 16.8. The predicted octanol–water partition coefficient (Wildman–Crippen LogP) is 4.61. The van der Waals surface area contributed by atoms with Crippen molar-refractivity contribution in [2.45, 2.75) is 68.1 Å². The molecule has 2 aromatic rings. The van der Waals surface area contributed by atoms with Crippen LogP contribution >= 0.6 is 11.8 Å². The Morgan fingerprint density at radius 2 is 1.90 bits per heavy atom. The summed E-state index contributed by atoms with van der Waals surface area (Å²) in [5.41, 5.74) is 2.04. The number of alkyl halides is 3. The van der Waals surface area contributed by atoms with Crippen LogP contribution in [0.3, 0.4) is 0 Å². The largest absolute Gasteiger partial charge is 0.416 e. The van der Waals surface area contributed by atoms with Crippen LogP contribution in [0.25, 0.3) is 0 Å². The number of aromatic nitrogens is 2. The van der Waals surface area contributed by atoms with Crippen LogP contribution in [-0.4, -0.2) is 22.3 Å². The summed E-state index contributed by atoms with van der Waals surface area (Å²) >= 11 is 1.43. The van der Waals surface area contributed by atoms with Crippen molar-refractivity contribution >= 4 is 11.8 Å². The monoisotopic (exact) mass is 424 g/mol. The van der Waals surface area contributed by atoms with Gasteiger partial charge in [-0.1, -0.05) is 12.1 Å². The Hall–Kier alpha value is -1.80. The van der Waals surface area contributed by atoms with E-state index >= 15 is 0 Å². The normalized spacial score (nSPS) is 19.3. The third kappa shape index (κ3) is 4.69. The Kier molecular flexibility index (Phi) is 6.01. The number of hydrogen-bond acceptors (Lipinski definition) is 4. The maximum Gasteiger partial charge on any atom is 0.416 e. The highest BCUT2D eigenvalue weighted by molar-refractivity contribution is 7.98. The van der Waals surface area contributed by atoms with Gasteiger partial charge >= 0.3 is 11.9 Å². The maximum absolute atomic E-state index is 12.7. The second kappa shape index (κ2) is 8.52. The number of ether oxygens (including phenoxy) is 1. The summed E-state index contributed by atoms with van der Waals surface area (Å²) in [7, 11) is 0. The van der Waals surface area contributed by atoms with E-state index in [1.165, 1.54) is 23.9 Å². The van der Waals surface area contributed by atoms with E-state index in [2.05, 4.69) is 4.98 Å². The second-order valence-electron chi connectivity index (χ2n) is 7.56. The average Bonchev–Trinajstić information content (AvgIpc) is 3.22. The molecule has 1 saturated heterocycles. The van der Waals surface area contributed by atoms with Gasteiger partial charge in [-0.15, -0.1) is 11.8 Å². The lowest BCUT2D eigenvalue weighted by atomic mass is 9.97. The van der Waals surface area contributed by atoms with Crippen LogP contribution in [0.2, 0.25) is 0 Å². The molecule has 2 heterocycles. The molecular formula is C21H23F3N2O2S. The van der Waals surface area contributed by atoms with Crippen molar-refractivity contribution in [2.24, 2.45) is 0 Å². The van der Waals surface area contributed by atoms with Gasteiger partial charge in [0.05, 0.1) is 18.2 Å². The number of nitrogens with zero attached hydrogens (tertiary/aromatic N) is 2. The molecule has 0 radical (unpaired) electrons. The molecule has 4 rings (SSSR count). The first kappa shape index (κ1) is 20.5. The first-order valence-corrected chi connectivity index (χ1v) is 10.9. The molecule has 1 aliphatic heterocycles. The topological polar surface area (TPSA) is 44.1 Å². The van der Waals surface area contributed by atoms with Gasteiger partial charge in [-0.3, -0.25) is 4.57 Å². The summed E-state index contributed by atoms with van der Waals surface area (Å²) in [6, 6.07) is 5.17. The van der Waals surface area contributed by atoms with Crippen LogP contribution in [-0.2, 0) is 36.1 Å². The Labute approximate surface area is 171 Å². The zero-order valence-electron chi connectivity index (χ0n) is 16.0. The van der Waals surface area contributed by atoms with Crippen LogP contribution in [0.5, 0.6) is 0 Å². The van der Waals surface area contributed by atoms with Gasteiger partial charge in [-0.25, -0.2) is 4.79 Å². The third-order valence-corrected chi connectivity index (χ3v) is 6.61. The van der Waals surface area contributed by atoms with Gasteiger partial charge < -0.3 is 4.74 Å². The molecule has 0 bridgehead atoms. The van der Waals surface area contributed by atoms with E-state index < -0.39 is 11.7 Å². The minimum absolute atomic E-state index is 0.0752. The summed E-state index contributed by atoms with van der Waals surface area (Å²) in [6.45, 7) is 1.30. The molecule has 1 aromatic heterocycles. The molecule has 1 atom stereocenters. The van der Waals surface area contributed by atoms with E-state index in [0.717, 1.165) is 74.1 Å². The van der Waals surface area contributed by atoms with Crippen LogP contribution in [0.15, 0.2) is 34.1 Å². The molecule has 0 saturated carbocycles. The minimum atomic E-state index is -4.33. The number of thioether (sulfide) groups is 1. The van der Waals surface area contributed by atoms with Gasteiger partial charge in [0.25, 0.3) is 0 Å². The molecule has 0 N–H and O–H groups in total. The van der Waals surface area contributed by atoms with Crippen molar-refractivity contribution in [3.8, 4) is 0 Å². The molecule has 0 spiro atoms. The Balaban J connectivity index is 1.54. The molecule has 8 heteroatoms. The van der Waals surface area contributed by atoms with Gasteiger partial charge in [0, 0.05) is 23.6 Å². The fourth-order valence-corrected chi connectivity index (χ4v) is 5.02. The first-order valence-electron chi connectivity index (χ1n) is 9.95. The van der Waals surface area contributed by atoms with Crippen molar-refractivity contribution in [3.63, 3.8) is 0 Å². The molecule has 4 nitrogen and oxygen atoms in total. The standard InChI is InChI=1S/C21H23F3N2O2S/c22-21(23,24)15-9-7-14(8-10-15)13-29-19-17-5-1-2-6-18(17)26(20(27)25-19)12-16-4-3-11-28-16/h7-10,16H,1-6,11-13H2/t16-/m1/s1. The van der Waals surface area contributed by atoms with E-state index in [-0.39, 0.29) is 11.8 Å². The number of rotatable bonds is 5. The number of fused-ring (bicyclic) bond motifs is 1. The molecule has 1 fully saturated rings. The van der Waals surface area contributed by atoms with E-state index in [4.69, 9.17) is 4.74 Å². The molecule has 0 amide bonds. The predicted molar refractivity (Wildman–Crippen MR) is 105 cm³/mol. The third-order valence-electron chi connectivity index (χ3n) is 5.52. The van der Waals surface area contributed by atoms with E-state index in [9.17, 15) is 18.0 Å². The zero-order chi connectivity index (χ0) is 20.4. The fourth-order valence-electron chi connectivity index (χ4n) is 3.99. The van der Waals surface area contributed by atoms with E-state index in [0.29, 0.717) is 17.3 Å². The smallest absolute Gasteiger partial charge is 0.376 e. The molecule has 2 aliphatic rings. The van der Waals surface area contributed by atoms with Crippen LogP contribution in [0, 0.1) is 0 Å². The highest BCUT2D eigenvalue weighted by atomic mass is 32.2. The number of benzene rings is 1. The summed E-state index contributed by atoms with van der Waals surface area (Å²) in [6.07, 6.45) is 1.57. The fraction of sp³-hybridized carbons (Fsp3) is 0.524. The van der Waals surface area contributed by atoms with Gasteiger partial charge in [-0.2, -0.15) is 18.2 Å². The SMILES string of the molecule is O=c1nc(SCc2ccc(C(F)(F)F)cc2)c2c(n1C[C@H]1CCCO1)CCCC2. The molecule has 29 heavy (non-hydrogen) atoms. The lowest BCUT2D eigenvalue weighted by Crippen LogP contribution is -2.33. The highest BCUT2D eigenvalue weighted by Crippen LogP contribution is 2.32. The van der Waals surface area contributed by atoms with E-state index in [1.807, 2.05) is 0 Å².